The van der Waals surface area contributed by atoms with Gasteiger partial charge in [0.15, 0.2) is 0 Å². The first kappa shape index (κ1) is 10.0. The quantitative estimate of drug-likeness (QED) is 0.459. The highest BCUT2D eigenvalue weighted by Gasteiger charge is 2.23. The second-order valence-electron chi connectivity index (χ2n) is 1.54. The molecule has 0 aliphatic heterocycles. The first-order valence-corrected chi connectivity index (χ1v) is 2.80. The van der Waals surface area contributed by atoms with Gasteiger partial charge in [0.05, 0.1) is 12.7 Å². The number of ether oxygens (including phenoxy) is 1. The van der Waals surface area contributed by atoms with Gasteiger partial charge in [-0.25, -0.2) is 4.79 Å². The lowest BCUT2D eigenvalue weighted by molar-refractivity contribution is -0.138. The van der Waals surface area contributed by atoms with Gasteiger partial charge in [-0.15, -0.1) is 0 Å². The van der Waals surface area contributed by atoms with Gasteiger partial charge in [-0.3, -0.25) is 0 Å². The number of halogens is 3. The monoisotopic (exact) mass is 167 g/mol. The molecule has 2 nitrogen and oxygen atoms in total. The summed E-state index contributed by atoms with van der Waals surface area (Å²) in [6, 6.07) is 0. The zero-order valence-corrected chi connectivity index (χ0v) is 5.73. The van der Waals surface area contributed by atoms with Crippen LogP contribution in [0.4, 0.5) is 13.2 Å². The third kappa shape index (κ3) is 6.89. The summed E-state index contributed by atoms with van der Waals surface area (Å²) < 4.78 is 38.1. The molecule has 0 spiro atoms. The van der Waals surface area contributed by atoms with Crippen LogP contribution in [0.3, 0.4) is 0 Å². The minimum atomic E-state index is -4.58. The summed E-state index contributed by atoms with van der Waals surface area (Å²) in [6.45, 7) is 1.55. The van der Waals surface area contributed by atoms with E-state index in [2.05, 4.69) is 4.74 Å². The molecule has 0 heterocycles. The van der Waals surface area contributed by atoms with E-state index in [9.17, 15) is 18.0 Å². The number of allylic oxidation sites excluding steroid dienone is 1. The van der Waals surface area contributed by atoms with Crippen LogP contribution in [0.1, 0.15) is 6.92 Å². The van der Waals surface area contributed by atoms with Crippen LogP contribution < -0.4 is 0 Å². The minimum Gasteiger partial charge on any atom is -0.463 e. The molecule has 0 amide bonds. The van der Waals surface area contributed by atoms with Crippen molar-refractivity contribution in [1.29, 1.82) is 0 Å². The number of hydrogen-bond donors (Lipinski definition) is 0. The van der Waals surface area contributed by atoms with Gasteiger partial charge in [-0.05, 0) is 6.92 Å². The van der Waals surface area contributed by atoms with Crippen molar-refractivity contribution in [3.63, 3.8) is 0 Å². The second-order valence-corrected chi connectivity index (χ2v) is 1.54. The maximum atomic E-state index is 11.3. The van der Waals surface area contributed by atoms with Crippen molar-refractivity contribution in [3.05, 3.63) is 12.2 Å². The molecule has 0 saturated carbocycles. The Balaban J connectivity index is 3.83. The van der Waals surface area contributed by atoms with E-state index in [0.29, 0.717) is 0 Å². The predicted octanol–water partition coefficient (Wildman–Crippen LogP) is 1.47. The summed E-state index contributed by atoms with van der Waals surface area (Å²) >= 11 is 0. The molecule has 1 radical (unpaired) electrons. The van der Waals surface area contributed by atoms with Gasteiger partial charge >= 0.3 is 12.1 Å². The lowest BCUT2D eigenvalue weighted by Crippen LogP contribution is -2.06. The maximum Gasteiger partial charge on any atom is 0.417 e. The van der Waals surface area contributed by atoms with Crippen LogP contribution in [0.2, 0.25) is 0 Å². The van der Waals surface area contributed by atoms with Crippen LogP contribution in [-0.4, -0.2) is 18.8 Å². The summed E-state index contributed by atoms with van der Waals surface area (Å²) in [7, 11) is 0. The number of rotatable bonds is 2. The Bertz CT molecular complexity index is 160. The fraction of sp³-hybridized carbons (Fsp3) is 0.500. The number of carbonyl (C=O) groups excluding carboxylic acids is 1. The molecule has 0 aliphatic carbocycles. The predicted molar refractivity (Wildman–Crippen MR) is 30.5 cm³/mol. The normalized spacial score (nSPS) is 12.0. The largest absolute Gasteiger partial charge is 0.463 e. The van der Waals surface area contributed by atoms with Crippen LogP contribution in [0.5, 0.6) is 0 Å². The smallest absolute Gasteiger partial charge is 0.417 e. The van der Waals surface area contributed by atoms with Gasteiger partial charge < -0.3 is 4.74 Å². The highest BCUT2D eigenvalue weighted by atomic mass is 19.4. The van der Waals surface area contributed by atoms with Crippen molar-refractivity contribution < 1.29 is 22.7 Å². The molecule has 63 valence electrons. The number of alkyl halides is 3. The van der Waals surface area contributed by atoms with Crippen LogP contribution in [0.15, 0.2) is 6.08 Å². The van der Waals surface area contributed by atoms with Gasteiger partial charge in [-0.1, -0.05) is 0 Å². The zero-order chi connectivity index (χ0) is 8.91. The number of carbonyl (C=O) groups is 1. The van der Waals surface area contributed by atoms with E-state index in [1.807, 2.05) is 0 Å². The molecule has 0 unspecified atom stereocenters. The number of esters is 1. The molecule has 0 saturated heterocycles. The SMILES string of the molecule is CCOC(=O)C=[C]C(F)(F)F. The molecule has 0 bridgehead atoms. The molecule has 0 aromatic rings. The van der Waals surface area contributed by atoms with E-state index >= 15 is 0 Å². The molecule has 0 fully saturated rings. The average molecular weight is 167 g/mol. The molecule has 0 rings (SSSR count). The second kappa shape index (κ2) is 4.00. The molecule has 0 atom stereocenters. The summed E-state index contributed by atoms with van der Waals surface area (Å²) in [5, 5.41) is 0. The van der Waals surface area contributed by atoms with Crippen molar-refractivity contribution in [2.24, 2.45) is 0 Å². The standard InChI is InChI=1S/C6H6F3O2/c1-2-11-5(10)3-4-6(7,8)9/h3H,2H2,1H3. The van der Waals surface area contributed by atoms with Crippen molar-refractivity contribution in [3.8, 4) is 0 Å². The van der Waals surface area contributed by atoms with Gasteiger partial charge in [0.1, 0.15) is 0 Å². The lowest BCUT2D eigenvalue weighted by Gasteiger charge is -1.96. The fourth-order valence-corrected chi connectivity index (χ4v) is 0.325. The van der Waals surface area contributed by atoms with Crippen LogP contribution >= 0.6 is 0 Å². The van der Waals surface area contributed by atoms with Crippen LogP contribution in [-0.2, 0) is 9.53 Å². The third-order valence-electron chi connectivity index (χ3n) is 0.640. The topological polar surface area (TPSA) is 26.3 Å². The Labute approximate surface area is 61.6 Å². The zero-order valence-electron chi connectivity index (χ0n) is 5.73. The molecule has 0 aromatic heterocycles. The van der Waals surface area contributed by atoms with Gasteiger partial charge in [0, 0.05) is 6.08 Å². The van der Waals surface area contributed by atoms with Crippen molar-refractivity contribution in [2.45, 2.75) is 13.1 Å². The summed E-state index contributed by atoms with van der Waals surface area (Å²) in [6.07, 6.45) is -3.44. The molecule has 11 heavy (non-hydrogen) atoms. The van der Waals surface area contributed by atoms with E-state index in [0.717, 1.165) is 6.08 Å². The maximum absolute atomic E-state index is 11.3. The van der Waals surface area contributed by atoms with E-state index in [1.165, 1.54) is 6.92 Å². The molecule has 0 aliphatic rings. The Morgan fingerprint density at radius 3 is 2.55 bits per heavy atom. The van der Waals surface area contributed by atoms with Gasteiger partial charge in [0.25, 0.3) is 0 Å². The minimum absolute atomic E-state index is 0.0505. The first-order valence-electron chi connectivity index (χ1n) is 2.80. The Hall–Kier alpha value is -1.00. The Morgan fingerprint density at radius 1 is 1.64 bits per heavy atom. The lowest BCUT2D eigenvalue weighted by atomic mass is 10.5. The molecular weight excluding hydrogens is 161 g/mol. The van der Waals surface area contributed by atoms with Crippen molar-refractivity contribution in [2.75, 3.05) is 6.61 Å². The summed E-state index contributed by atoms with van der Waals surface area (Å²) in [5.74, 6) is -1.04. The molecule has 0 aromatic carbocycles. The Morgan fingerprint density at radius 2 is 2.18 bits per heavy atom. The molecule has 0 N–H and O–H groups in total. The molecular formula is C6H6F3O2. The Kier molecular flexibility index (Phi) is 3.64. The molecule has 5 heteroatoms. The highest BCUT2D eigenvalue weighted by molar-refractivity contribution is 5.81. The van der Waals surface area contributed by atoms with E-state index in [1.54, 1.807) is 0 Å². The average Bonchev–Trinajstić information content (AvgIpc) is 1.83. The highest BCUT2D eigenvalue weighted by Crippen LogP contribution is 2.14. The summed E-state index contributed by atoms with van der Waals surface area (Å²) in [4.78, 5) is 10.2. The van der Waals surface area contributed by atoms with E-state index < -0.39 is 12.1 Å². The first-order chi connectivity index (χ1) is 4.95. The van der Waals surface area contributed by atoms with Crippen LogP contribution in [0, 0.1) is 6.08 Å². The third-order valence-corrected chi connectivity index (χ3v) is 0.640. The number of hydrogen-bond acceptors (Lipinski definition) is 2. The fourth-order valence-electron chi connectivity index (χ4n) is 0.325. The van der Waals surface area contributed by atoms with E-state index in [4.69, 9.17) is 0 Å². The van der Waals surface area contributed by atoms with Gasteiger partial charge in [0.2, 0.25) is 0 Å². The summed E-state index contributed by atoms with van der Waals surface area (Å²) in [5.41, 5.74) is 0. The van der Waals surface area contributed by atoms with Crippen molar-refractivity contribution >= 4 is 5.97 Å². The van der Waals surface area contributed by atoms with Gasteiger partial charge in [-0.2, -0.15) is 13.2 Å². The van der Waals surface area contributed by atoms with Crippen molar-refractivity contribution in [1.82, 2.24) is 0 Å². The van der Waals surface area contributed by atoms with Crippen LogP contribution in [0.25, 0.3) is 0 Å². The van der Waals surface area contributed by atoms with E-state index in [-0.39, 0.29) is 12.7 Å².